The molecule has 3 aromatic rings. The molecule has 8 nitrogen and oxygen atoms in total. The molecular weight excluding hydrogens is 389 g/mol. The van der Waals surface area contributed by atoms with Crippen molar-refractivity contribution in [3.05, 3.63) is 47.6 Å². The maximum atomic E-state index is 12.8. The lowest BCUT2D eigenvalue weighted by atomic mass is 10.1. The summed E-state index contributed by atoms with van der Waals surface area (Å²) in [5.74, 6) is -0.0685. The molecule has 0 saturated carbocycles. The number of aromatic nitrogens is 3. The number of halogens is 1. The lowest BCUT2D eigenvalue weighted by molar-refractivity contribution is 0.0298. The Kier molecular flexibility index (Phi) is 5.22. The molecule has 3 aromatic heterocycles. The van der Waals surface area contributed by atoms with E-state index < -0.39 is 8.96 Å². The third-order valence-electron chi connectivity index (χ3n) is 4.39. The average molecular weight is 406 g/mol. The van der Waals surface area contributed by atoms with E-state index in [9.17, 15) is 4.79 Å². The predicted octanol–water partition coefficient (Wildman–Crippen LogP) is 2.43. The van der Waals surface area contributed by atoms with Crippen LogP contribution in [0.25, 0.3) is 16.8 Å². The molecule has 0 spiro atoms. The van der Waals surface area contributed by atoms with Gasteiger partial charge in [-0.2, -0.15) is 0 Å². The van der Waals surface area contributed by atoms with Gasteiger partial charge >= 0.3 is 0 Å². The van der Waals surface area contributed by atoms with Gasteiger partial charge in [-0.05, 0) is 18.2 Å². The second-order valence-electron chi connectivity index (χ2n) is 5.99. The van der Waals surface area contributed by atoms with Gasteiger partial charge in [0.15, 0.2) is 5.15 Å². The summed E-state index contributed by atoms with van der Waals surface area (Å²) in [6, 6.07) is 5.56. The number of morpholine rings is 1. The highest BCUT2D eigenvalue weighted by Gasteiger charge is 2.21. The zero-order valence-corrected chi connectivity index (χ0v) is 16.0. The molecule has 4 rings (SSSR count). The number of fused-ring (bicyclic) bond motifs is 1. The molecule has 1 aliphatic rings. The van der Waals surface area contributed by atoms with Gasteiger partial charge in [0.05, 0.1) is 25.1 Å². The van der Waals surface area contributed by atoms with Crippen LogP contribution in [0.4, 0.5) is 5.69 Å². The van der Waals surface area contributed by atoms with Crippen molar-refractivity contribution in [3.8, 4) is 11.1 Å². The highest BCUT2D eigenvalue weighted by molar-refractivity contribution is 7.33. The molecule has 4 heterocycles. The van der Waals surface area contributed by atoms with Crippen molar-refractivity contribution in [3.63, 3.8) is 0 Å². The van der Waals surface area contributed by atoms with Crippen molar-refractivity contribution in [2.24, 2.45) is 0 Å². The minimum Gasteiger partial charge on any atom is -0.378 e. The van der Waals surface area contributed by atoms with Gasteiger partial charge in [0.2, 0.25) is 0 Å². The normalized spacial score (nSPS) is 15.0. The molecule has 0 aliphatic carbocycles. The lowest BCUT2D eigenvalue weighted by Gasteiger charge is -2.26. The number of pyridine rings is 2. The number of ether oxygens (including phenoxy) is 1. The first-order valence-corrected chi connectivity index (χ1v) is 9.65. The molecule has 27 heavy (non-hydrogen) atoms. The van der Waals surface area contributed by atoms with E-state index >= 15 is 0 Å². The Morgan fingerprint density at radius 3 is 2.81 bits per heavy atom. The van der Waals surface area contributed by atoms with Crippen molar-refractivity contribution in [1.29, 1.82) is 0 Å². The smallest absolute Gasteiger partial charge is 0.272 e. The Hall–Kier alpha value is -2.25. The number of imidazole rings is 1. The van der Waals surface area contributed by atoms with E-state index in [1.165, 1.54) is 0 Å². The van der Waals surface area contributed by atoms with Crippen molar-refractivity contribution in [2.75, 3.05) is 31.4 Å². The van der Waals surface area contributed by atoms with Crippen molar-refractivity contribution < 1.29 is 14.4 Å². The zero-order valence-electron chi connectivity index (χ0n) is 14.2. The van der Waals surface area contributed by atoms with Crippen LogP contribution in [0.2, 0.25) is 5.15 Å². The Morgan fingerprint density at radius 2 is 2.04 bits per heavy atom. The van der Waals surface area contributed by atoms with Crippen LogP contribution < -0.4 is 5.09 Å². The Bertz CT molecular complexity index is 990. The van der Waals surface area contributed by atoms with E-state index in [0.717, 1.165) is 11.1 Å². The van der Waals surface area contributed by atoms with E-state index in [2.05, 4.69) is 15.1 Å². The third-order valence-corrected chi connectivity index (χ3v) is 5.07. The second kappa shape index (κ2) is 7.78. The van der Waals surface area contributed by atoms with Gasteiger partial charge in [0.1, 0.15) is 20.3 Å². The van der Waals surface area contributed by atoms with Crippen LogP contribution in [0.15, 0.2) is 36.8 Å². The summed E-state index contributed by atoms with van der Waals surface area (Å²) in [5.41, 5.74) is 3.40. The van der Waals surface area contributed by atoms with Crippen LogP contribution in [0.5, 0.6) is 0 Å². The number of nitrogens with one attached hydrogen (secondary N) is 1. The third kappa shape index (κ3) is 3.61. The SMILES string of the molecule is O=C(c1cnc2ccc(-c3cnc(Cl)c(NPO)c3)cn12)N1CCOCC1. The van der Waals surface area contributed by atoms with E-state index in [0.29, 0.717) is 43.3 Å². The number of carbonyl (C=O) groups is 1. The van der Waals surface area contributed by atoms with Crippen LogP contribution in [0.1, 0.15) is 10.5 Å². The molecule has 1 atom stereocenters. The molecule has 2 N–H and O–H groups in total. The maximum absolute atomic E-state index is 12.8. The number of rotatable bonds is 4. The van der Waals surface area contributed by atoms with Gasteiger partial charge in [-0.15, -0.1) is 0 Å². The summed E-state index contributed by atoms with van der Waals surface area (Å²) in [7, 11) is -0.478. The highest BCUT2D eigenvalue weighted by Crippen LogP contribution is 2.29. The van der Waals surface area contributed by atoms with Gasteiger partial charge in [-0.25, -0.2) is 9.97 Å². The van der Waals surface area contributed by atoms with Gasteiger partial charge in [0, 0.05) is 36.6 Å². The molecule has 0 aromatic carbocycles. The number of hydrogen-bond donors (Lipinski definition) is 2. The fraction of sp³-hybridized carbons (Fsp3) is 0.235. The quantitative estimate of drug-likeness (QED) is 0.511. The van der Waals surface area contributed by atoms with Crippen molar-refractivity contribution in [2.45, 2.75) is 0 Å². The molecular formula is C17H17ClN5O3P. The fourth-order valence-electron chi connectivity index (χ4n) is 2.99. The number of nitrogens with zero attached hydrogens (tertiary/aromatic N) is 4. The minimum absolute atomic E-state index is 0.0685. The Balaban J connectivity index is 1.72. The van der Waals surface area contributed by atoms with E-state index in [1.54, 1.807) is 27.8 Å². The maximum Gasteiger partial charge on any atom is 0.272 e. The summed E-state index contributed by atoms with van der Waals surface area (Å²) in [4.78, 5) is 32.2. The molecule has 0 bridgehead atoms. The van der Waals surface area contributed by atoms with Crippen LogP contribution >= 0.6 is 20.6 Å². The van der Waals surface area contributed by atoms with Crippen LogP contribution in [-0.4, -0.2) is 56.4 Å². The highest BCUT2D eigenvalue weighted by atomic mass is 35.5. The minimum atomic E-state index is -0.478. The number of carbonyl (C=O) groups excluding carboxylic acids is 1. The Morgan fingerprint density at radius 1 is 1.22 bits per heavy atom. The lowest BCUT2D eigenvalue weighted by Crippen LogP contribution is -2.41. The predicted molar refractivity (Wildman–Crippen MR) is 104 cm³/mol. The van der Waals surface area contributed by atoms with Crippen LogP contribution in [0.3, 0.4) is 0 Å². The topological polar surface area (TPSA) is 92.0 Å². The largest absolute Gasteiger partial charge is 0.378 e. The molecule has 1 aliphatic heterocycles. The summed E-state index contributed by atoms with van der Waals surface area (Å²) in [6.07, 6.45) is 5.10. The molecule has 0 radical (unpaired) electrons. The van der Waals surface area contributed by atoms with Crippen LogP contribution in [0, 0.1) is 0 Å². The van der Waals surface area contributed by atoms with E-state index in [1.807, 2.05) is 18.3 Å². The first kappa shape index (κ1) is 18.1. The van der Waals surface area contributed by atoms with Crippen molar-refractivity contribution in [1.82, 2.24) is 19.3 Å². The Labute approximate surface area is 162 Å². The van der Waals surface area contributed by atoms with Gasteiger partial charge in [0.25, 0.3) is 5.91 Å². The second-order valence-corrected chi connectivity index (χ2v) is 6.82. The van der Waals surface area contributed by atoms with Gasteiger partial charge in [-0.1, -0.05) is 11.6 Å². The van der Waals surface area contributed by atoms with E-state index in [4.69, 9.17) is 21.2 Å². The molecule has 140 valence electrons. The molecule has 10 heteroatoms. The first-order valence-electron chi connectivity index (χ1n) is 8.32. The standard InChI is InChI=1S/C17H17ClN5O3P/c18-16-13(21-27-25)7-12(8-20-16)11-1-2-15-19-9-14(23(15)10-11)17(24)22-3-5-26-6-4-22/h1-2,7-10,21,25,27H,3-6H2. The number of hydrogen-bond acceptors (Lipinski definition) is 6. The monoisotopic (exact) mass is 405 g/mol. The summed E-state index contributed by atoms with van der Waals surface area (Å²) >= 11 is 6.04. The average Bonchev–Trinajstić information content (AvgIpc) is 3.13. The zero-order chi connectivity index (χ0) is 18.8. The van der Waals surface area contributed by atoms with Gasteiger partial charge in [-0.3, -0.25) is 9.20 Å². The van der Waals surface area contributed by atoms with Crippen molar-refractivity contribution >= 4 is 37.8 Å². The van der Waals surface area contributed by atoms with Gasteiger partial charge < -0.3 is 19.6 Å². The first-order chi connectivity index (χ1) is 13.2. The summed E-state index contributed by atoms with van der Waals surface area (Å²) in [6.45, 7) is 2.24. The molecule has 1 fully saturated rings. The number of anilines is 1. The molecule has 1 saturated heterocycles. The molecule has 1 amide bonds. The fourth-order valence-corrected chi connectivity index (χ4v) is 3.53. The van der Waals surface area contributed by atoms with E-state index in [-0.39, 0.29) is 11.1 Å². The van der Waals surface area contributed by atoms with Crippen LogP contribution in [-0.2, 0) is 4.74 Å². The number of amides is 1. The molecule has 1 unspecified atom stereocenters. The summed E-state index contributed by atoms with van der Waals surface area (Å²) < 4.78 is 7.10. The summed E-state index contributed by atoms with van der Waals surface area (Å²) in [5, 5.41) is 3.07.